The summed E-state index contributed by atoms with van der Waals surface area (Å²) in [6.45, 7) is 3.87. The third-order valence-electron chi connectivity index (χ3n) is 1.94. The van der Waals surface area contributed by atoms with E-state index >= 15 is 0 Å². The first-order valence-electron chi connectivity index (χ1n) is 5.57. The molecule has 0 heterocycles. The van der Waals surface area contributed by atoms with Gasteiger partial charge in [0.05, 0.1) is 12.6 Å². The minimum atomic E-state index is -0.859. The van der Waals surface area contributed by atoms with Crippen LogP contribution < -0.4 is 21.1 Å². The summed E-state index contributed by atoms with van der Waals surface area (Å²) in [7, 11) is 0. The molecule has 0 fully saturated rings. The number of carbonyl (C=O) groups excluding carboxylic acids is 2. The van der Waals surface area contributed by atoms with E-state index in [1.54, 1.807) is 24.3 Å². The second kappa shape index (κ2) is 6.48. The zero-order chi connectivity index (χ0) is 13.5. The number of benzene rings is 1. The van der Waals surface area contributed by atoms with Crippen LogP contribution in [0.25, 0.3) is 0 Å². The molecule has 3 amide bonds. The number of urea groups is 1. The Hall–Kier alpha value is -2.24. The van der Waals surface area contributed by atoms with Gasteiger partial charge in [-0.05, 0) is 38.1 Å². The summed E-state index contributed by atoms with van der Waals surface area (Å²) in [5, 5.41) is 4.82. The summed E-state index contributed by atoms with van der Waals surface area (Å²) in [5.41, 5.74) is 5.57. The number of nitrogens with two attached hydrogens (primary N) is 1. The van der Waals surface area contributed by atoms with E-state index in [-0.39, 0.29) is 12.6 Å². The van der Waals surface area contributed by atoms with Crippen LogP contribution in [0.3, 0.4) is 0 Å². The van der Waals surface area contributed by atoms with Crippen molar-refractivity contribution in [1.29, 1.82) is 0 Å². The summed E-state index contributed by atoms with van der Waals surface area (Å²) in [6.07, 6.45) is 0.116. The highest BCUT2D eigenvalue weighted by Gasteiger charge is 2.03. The van der Waals surface area contributed by atoms with Gasteiger partial charge in [0, 0.05) is 5.69 Å². The number of anilines is 1. The molecule has 0 unspecified atom stereocenters. The van der Waals surface area contributed by atoms with Gasteiger partial charge in [-0.25, -0.2) is 4.79 Å². The van der Waals surface area contributed by atoms with E-state index in [4.69, 9.17) is 10.5 Å². The molecule has 98 valence electrons. The Balaban J connectivity index is 2.44. The fraction of sp³-hybridized carbons (Fsp3) is 0.333. The summed E-state index contributed by atoms with van der Waals surface area (Å²) in [6, 6.07) is 6.31. The lowest BCUT2D eigenvalue weighted by Crippen LogP contribution is -2.38. The Kier molecular flexibility index (Phi) is 4.98. The van der Waals surface area contributed by atoms with E-state index in [0.29, 0.717) is 0 Å². The molecule has 0 atom stereocenters. The second-order valence-electron chi connectivity index (χ2n) is 3.96. The Bertz CT molecular complexity index is 415. The topological polar surface area (TPSA) is 93.4 Å². The van der Waals surface area contributed by atoms with E-state index < -0.39 is 11.9 Å². The predicted molar refractivity (Wildman–Crippen MR) is 68.4 cm³/mol. The van der Waals surface area contributed by atoms with Crippen LogP contribution in [-0.2, 0) is 4.79 Å². The summed E-state index contributed by atoms with van der Waals surface area (Å²) >= 11 is 0. The lowest BCUT2D eigenvalue weighted by atomic mass is 10.3. The molecule has 0 saturated carbocycles. The van der Waals surface area contributed by atoms with E-state index in [1.807, 2.05) is 19.2 Å². The number of hydrogen-bond acceptors (Lipinski definition) is 4. The molecule has 18 heavy (non-hydrogen) atoms. The largest absolute Gasteiger partial charge is 0.491 e. The van der Waals surface area contributed by atoms with Crippen LogP contribution in [0.4, 0.5) is 10.5 Å². The van der Waals surface area contributed by atoms with Crippen molar-refractivity contribution < 1.29 is 14.3 Å². The minimum absolute atomic E-state index is 0.0205. The van der Waals surface area contributed by atoms with Crippen LogP contribution in [0, 0.1) is 0 Å². The van der Waals surface area contributed by atoms with Gasteiger partial charge in [-0.3, -0.25) is 10.1 Å². The molecule has 0 saturated heterocycles. The van der Waals surface area contributed by atoms with Gasteiger partial charge in [-0.1, -0.05) is 0 Å². The normalized spacial score (nSPS) is 9.94. The molecule has 0 aromatic heterocycles. The molecule has 0 aliphatic heterocycles. The zero-order valence-corrected chi connectivity index (χ0v) is 10.4. The van der Waals surface area contributed by atoms with Crippen molar-refractivity contribution in [2.24, 2.45) is 5.73 Å². The molecule has 6 heteroatoms. The molecular weight excluding hydrogens is 234 g/mol. The number of rotatable bonds is 5. The van der Waals surface area contributed by atoms with Gasteiger partial charge in [0.2, 0.25) is 5.91 Å². The van der Waals surface area contributed by atoms with Crippen LogP contribution in [0.2, 0.25) is 0 Å². The highest BCUT2D eigenvalue weighted by Crippen LogP contribution is 2.16. The van der Waals surface area contributed by atoms with Gasteiger partial charge < -0.3 is 15.8 Å². The quantitative estimate of drug-likeness (QED) is 0.730. The molecule has 0 aliphatic rings. The highest BCUT2D eigenvalue weighted by molar-refractivity contribution is 5.95. The van der Waals surface area contributed by atoms with Crippen LogP contribution in [0.15, 0.2) is 24.3 Å². The van der Waals surface area contributed by atoms with Crippen LogP contribution in [0.5, 0.6) is 5.75 Å². The number of amides is 3. The summed E-state index contributed by atoms with van der Waals surface area (Å²) in [5.74, 6) is 0.280. The van der Waals surface area contributed by atoms with Crippen LogP contribution in [-0.4, -0.2) is 24.6 Å². The average molecular weight is 251 g/mol. The van der Waals surface area contributed by atoms with Crippen molar-refractivity contribution in [2.75, 3.05) is 11.9 Å². The Morgan fingerprint density at radius 3 is 2.39 bits per heavy atom. The lowest BCUT2D eigenvalue weighted by Gasteiger charge is -2.10. The SMILES string of the molecule is CC(C)Oc1ccc(NCC(=O)NC(N)=O)cc1. The fourth-order valence-corrected chi connectivity index (χ4v) is 1.29. The molecule has 1 rings (SSSR count). The van der Waals surface area contributed by atoms with Crippen LogP contribution >= 0.6 is 0 Å². The van der Waals surface area contributed by atoms with E-state index in [2.05, 4.69) is 5.32 Å². The van der Waals surface area contributed by atoms with Crippen molar-refractivity contribution >= 4 is 17.6 Å². The molecule has 4 N–H and O–H groups in total. The Labute approximate surface area is 105 Å². The molecule has 0 aliphatic carbocycles. The number of imide groups is 1. The maximum absolute atomic E-state index is 11.1. The van der Waals surface area contributed by atoms with Crippen molar-refractivity contribution in [3.8, 4) is 5.75 Å². The first kappa shape index (κ1) is 13.8. The van der Waals surface area contributed by atoms with E-state index in [1.165, 1.54) is 0 Å². The number of hydrogen-bond donors (Lipinski definition) is 3. The molecule has 0 spiro atoms. The first-order chi connectivity index (χ1) is 8.47. The van der Waals surface area contributed by atoms with Crippen molar-refractivity contribution in [1.82, 2.24) is 5.32 Å². The maximum atomic E-state index is 11.1. The van der Waals surface area contributed by atoms with Crippen LogP contribution in [0.1, 0.15) is 13.8 Å². The third kappa shape index (κ3) is 5.20. The average Bonchev–Trinajstić information content (AvgIpc) is 2.26. The van der Waals surface area contributed by atoms with Crippen molar-refractivity contribution in [2.45, 2.75) is 20.0 Å². The highest BCUT2D eigenvalue weighted by atomic mass is 16.5. The lowest BCUT2D eigenvalue weighted by molar-refractivity contribution is -0.118. The Morgan fingerprint density at radius 2 is 1.89 bits per heavy atom. The summed E-state index contributed by atoms with van der Waals surface area (Å²) in [4.78, 5) is 21.6. The second-order valence-corrected chi connectivity index (χ2v) is 3.96. The molecule has 1 aromatic rings. The van der Waals surface area contributed by atoms with Gasteiger partial charge in [-0.15, -0.1) is 0 Å². The summed E-state index contributed by atoms with van der Waals surface area (Å²) < 4.78 is 5.48. The van der Waals surface area contributed by atoms with Gasteiger partial charge in [0.15, 0.2) is 0 Å². The number of ether oxygens (including phenoxy) is 1. The number of carbonyl (C=O) groups is 2. The van der Waals surface area contributed by atoms with Crippen molar-refractivity contribution in [3.05, 3.63) is 24.3 Å². The predicted octanol–water partition coefficient (Wildman–Crippen LogP) is 1.08. The number of nitrogens with one attached hydrogen (secondary N) is 2. The third-order valence-corrected chi connectivity index (χ3v) is 1.94. The smallest absolute Gasteiger partial charge is 0.318 e. The molecule has 6 nitrogen and oxygen atoms in total. The first-order valence-corrected chi connectivity index (χ1v) is 5.57. The van der Waals surface area contributed by atoms with Gasteiger partial charge in [0.25, 0.3) is 0 Å². The molecular formula is C12H17N3O3. The zero-order valence-electron chi connectivity index (χ0n) is 10.4. The van der Waals surface area contributed by atoms with E-state index in [0.717, 1.165) is 11.4 Å². The van der Waals surface area contributed by atoms with Gasteiger partial charge in [0.1, 0.15) is 5.75 Å². The van der Waals surface area contributed by atoms with Gasteiger partial charge in [-0.2, -0.15) is 0 Å². The van der Waals surface area contributed by atoms with Gasteiger partial charge >= 0.3 is 6.03 Å². The molecule has 0 bridgehead atoms. The monoisotopic (exact) mass is 251 g/mol. The fourth-order valence-electron chi connectivity index (χ4n) is 1.29. The van der Waals surface area contributed by atoms with E-state index in [9.17, 15) is 9.59 Å². The Morgan fingerprint density at radius 1 is 1.28 bits per heavy atom. The number of primary amides is 1. The molecule has 0 radical (unpaired) electrons. The minimum Gasteiger partial charge on any atom is -0.491 e. The molecule has 1 aromatic carbocycles. The van der Waals surface area contributed by atoms with Crippen molar-refractivity contribution in [3.63, 3.8) is 0 Å². The standard InChI is InChI=1S/C12H17N3O3/c1-8(2)18-10-5-3-9(4-6-10)14-7-11(16)15-12(13)17/h3-6,8,14H,7H2,1-2H3,(H3,13,15,16,17). The maximum Gasteiger partial charge on any atom is 0.318 e.